The van der Waals surface area contributed by atoms with E-state index in [4.69, 9.17) is 15.2 Å². The van der Waals surface area contributed by atoms with Crippen molar-refractivity contribution < 1.29 is 17.9 Å². The lowest BCUT2D eigenvalue weighted by Crippen LogP contribution is -2.51. The smallest absolute Gasteiger partial charge is 0.282 e. The third-order valence-electron chi connectivity index (χ3n) is 5.51. The van der Waals surface area contributed by atoms with Crippen molar-refractivity contribution in [2.24, 2.45) is 5.73 Å². The molecule has 1 aromatic rings. The Morgan fingerprint density at radius 2 is 1.64 bits per heavy atom. The molecule has 3 aliphatic heterocycles. The van der Waals surface area contributed by atoms with Gasteiger partial charge in [0.15, 0.2) is 5.79 Å². The SMILES string of the molecule is N[C@@H]1CN(S(=O)(=O)N2CCC3(CC2)OCCO3)C[C@H]1c1ccccc1. The highest BCUT2D eigenvalue weighted by atomic mass is 32.2. The molecule has 7 nitrogen and oxygen atoms in total. The van der Waals surface area contributed by atoms with Crippen LogP contribution in [-0.2, 0) is 19.7 Å². The third-order valence-corrected chi connectivity index (χ3v) is 7.48. The first-order valence-corrected chi connectivity index (χ1v) is 10.2. The van der Waals surface area contributed by atoms with Crippen molar-refractivity contribution >= 4 is 10.2 Å². The Labute approximate surface area is 148 Å². The predicted molar refractivity (Wildman–Crippen MR) is 93.1 cm³/mol. The Bertz CT molecular complexity index is 696. The van der Waals surface area contributed by atoms with Gasteiger partial charge in [-0.15, -0.1) is 0 Å². The molecule has 0 amide bonds. The van der Waals surface area contributed by atoms with Gasteiger partial charge in [-0.2, -0.15) is 17.0 Å². The lowest BCUT2D eigenvalue weighted by Gasteiger charge is -2.38. The Morgan fingerprint density at radius 3 is 2.28 bits per heavy atom. The molecule has 0 unspecified atom stereocenters. The molecular formula is C17H25N3O4S. The first-order valence-electron chi connectivity index (χ1n) is 8.84. The molecule has 3 fully saturated rings. The van der Waals surface area contributed by atoms with Crippen LogP contribution >= 0.6 is 0 Å². The quantitative estimate of drug-likeness (QED) is 0.841. The van der Waals surface area contributed by atoms with Gasteiger partial charge in [0.2, 0.25) is 0 Å². The van der Waals surface area contributed by atoms with Gasteiger partial charge in [-0.25, -0.2) is 0 Å². The Kier molecular flexibility index (Phi) is 4.59. The van der Waals surface area contributed by atoms with Crippen molar-refractivity contribution in [3.63, 3.8) is 0 Å². The topological polar surface area (TPSA) is 85.1 Å². The normalized spacial score (nSPS) is 30.9. The van der Waals surface area contributed by atoms with E-state index in [1.54, 1.807) is 4.31 Å². The number of ether oxygens (including phenoxy) is 2. The fourth-order valence-corrected chi connectivity index (χ4v) is 5.72. The van der Waals surface area contributed by atoms with E-state index in [1.165, 1.54) is 4.31 Å². The molecule has 0 saturated carbocycles. The van der Waals surface area contributed by atoms with Gasteiger partial charge >= 0.3 is 0 Å². The summed E-state index contributed by atoms with van der Waals surface area (Å²) in [5.41, 5.74) is 7.35. The van der Waals surface area contributed by atoms with Gasteiger partial charge in [0.25, 0.3) is 10.2 Å². The summed E-state index contributed by atoms with van der Waals surface area (Å²) in [6, 6.07) is 9.72. The lowest BCUT2D eigenvalue weighted by molar-refractivity contribution is -0.179. The largest absolute Gasteiger partial charge is 0.347 e. The fraction of sp³-hybridized carbons (Fsp3) is 0.647. The number of hydrogen-bond donors (Lipinski definition) is 1. The van der Waals surface area contributed by atoms with Crippen LogP contribution < -0.4 is 5.73 Å². The van der Waals surface area contributed by atoms with E-state index in [0.29, 0.717) is 52.2 Å². The Morgan fingerprint density at radius 1 is 1.00 bits per heavy atom. The van der Waals surface area contributed by atoms with Crippen LogP contribution in [0.3, 0.4) is 0 Å². The Balaban J connectivity index is 1.44. The molecule has 0 aromatic heterocycles. The first-order chi connectivity index (χ1) is 12.0. The molecule has 2 N–H and O–H groups in total. The summed E-state index contributed by atoms with van der Waals surface area (Å²) in [6.45, 7) is 2.81. The van der Waals surface area contributed by atoms with E-state index in [2.05, 4.69) is 0 Å². The van der Waals surface area contributed by atoms with Crippen molar-refractivity contribution in [1.82, 2.24) is 8.61 Å². The van der Waals surface area contributed by atoms with Gasteiger partial charge < -0.3 is 15.2 Å². The Hall–Kier alpha value is -1.03. The molecule has 2 atom stereocenters. The zero-order chi connectivity index (χ0) is 17.5. The van der Waals surface area contributed by atoms with Crippen LogP contribution in [0.4, 0.5) is 0 Å². The summed E-state index contributed by atoms with van der Waals surface area (Å²) in [6.07, 6.45) is 1.16. The minimum Gasteiger partial charge on any atom is -0.347 e. The highest BCUT2D eigenvalue weighted by Gasteiger charge is 2.46. The average molecular weight is 367 g/mol. The minimum atomic E-state index is -3.51. The first kappa shape index (κ1) is 17.4. The van der Waals surface area contributed by atoms with E-state index < -0.39 is 16.0 Å². The number of piperidine rings is 1. The molecule has 1 spiro atoms. The maximum atomic E-state index is 13.0. The lowest BCUT2D eigenvalue weighted by atomic mass is 9.95. The van der Waals surface area contributed by atoms with Crippen molar-refractivity contribution in [2.75, 3.05) is 39.4 Å². The van der Waals surface area contributed by atoms with Crippen molar-refractivity contribution in [3.8, 4) is 0 Å². The molecule has 0 radical (unpaired) electrons. The van der Waals surface area contributed by atoms with E-state index in [0.717, 1.165) is 5.56 Å². The van der Waals surface area contributed by atoms with E-state index in [9.17, 15) is 8.42 Å². The summed E-state index contributed by atoms with van der Waals surface area (Å²) in [7, 11) is -3.51. The molecule has 138 valence electrons. The van der Waals surface area contributed by atoms with Crippen molar-refractivity contribution in [1.29, 1.82) is 0 Å². The van der Waals surface area contributed by atoms with Crippen LogP contribution in [0.2, 0.25) is 0 Å². The number of rotatable bonds is 3. The summed E-state index contributed by atoms with van der Waals surface area (Å²) < 4.78 is 40.5. The minimum absolute atomic E-state index is 0.0357. The molecule has 1 aromatic carbocycles. The van der Waals surface area contributed by atoms with Crippen molar-refractivity contribution in [3.05, 3.63) is 35.9 Å². The third kappa shape index (κ3) is 3.22. The standard InChI is InChI=1S/C17H25N3O4S/c18-16-13-20(12-15(16)14-4-2-1-3-5-14)25(21,22)19-8-6-17(7-9-19)23-10-11-24-17/h1-5,15-16H,6-13,18H2/t15-,16+/m0/s1. The summed E-state index contributed by atoms with van der Waals surface area (Å²) in [5.74, 6) is -0.534. The van der Waals surface area contributed by atoms with E-state index in [1.807, 2.05) is 30.3 Å². The average Bonchev–Trinajstić information content (AvgIpc) is 3.23. The van der Waals surface area contributed by atoms with Gasteiger partial charge in [-0.1, -0.05) is 30.3 Å². The summed E-state index contributed by atoms with van der Waals surface area (Å²) in [5, 5.41) is 0. The van der Waals surface area contributed by atoms with Gasteiger partial charge in [0.05, 0.1) is 13.2 Å². The molecule has 25 heavy (non-hydrogen) atoms. The highest BCUT2D eigenvalue weighted by Crippen LogP contribution is 2.34. The summed E-state index contributed by atoms with van der Waals surface area (Å²) in [4.78, 5) is 0. The number of benzene rings is 1. The molecule has 3 heterocycles. The molecule has 3 saturated heterocycles. The van der Waals surface area contributed by atoms with Crippen LogP contribution in [0.25, 0.3) is 0 Å². The zero-order valence-corrected chi connectivity index (χ0v) is 15.0. The van der Waals surface area contributed by atoms with Gasteiger partial charge in [-0.3, -0.25) is 0 Å². The zero-order valence-electron chi connectivity index (χ0n) is 14.2. The monoisotopic (exact) mass is 367 g/mol. The van der Waals surface area contributed by atoms with E-state index in [-0.39, 0.29) is 12.0 Å². The second-order valence-electron chi connectivity index (χ2n) is 7.01. The molecule has 3 aliphatic rings. The maximum Gasteiger partial charge on any atom is 0.282 e. The van der Waals surface area contributed by atoms with Gasteiger partial charge in [0.1, 0.15) is 0 Å². The van der Waals surface area contributed by atoms with Gasteiger partial charge in [-0.05, 0) is 5.56 Å². The molecule has 8 heteroatoms. The number of nitrogens with zero attached hydrogens (tertiary/aromatic N) is 2. The van der Waals surface area contributed by atoms with Crippen LogP contribution in [0.1, 0.15) is 24.3 Å². The predicted octanol–water partition coefficient (Wildman–Crippen LogP) is 0.497. The molecule has 4 rings (SSSR count). The van der Waals surface area contributed by atoms with Crippen LogP contribution in [-0.4, -0.2) is 68.2 Å². The van der Waals surface area contributed by atoms with Crippen LogP contribution in [0.15, 0.2) is 30.3 Å². The number of nitrogens with two attached hydrogens (primary N) is 1. The highest BCUT2D eigenvalue weighted by molar-refractivity contribution is 7.86. The molecular weight excluding hydrogens is 342 g/mol. The summed E-state index contributed by atoms with van der Waals surface area (Å²) >= 11 is 0. The van der Waals surface area contributed by atoms with E-state index >= 15 is 0 Å². The van der Waals surface area contributed by atoms with Crippen molar-refractivity contribution in [2.45, 2.75) is 30.6 Å². The fourth-order valence-electron chi connectivity index (χ4n) is 4.04. The van der Waals surface area contributed by atoms with Crippen LogP contribution in [0, 0.1) is 0 Å². The second-order valence-corrected chi connectivity index (χ2v) is 8.94. The number of hydrogen-bond acceptors (Lipinski definition) is 5. The van der Waals surface area contributed by atoms with Gasteiger partial charge in [0, 0.05) is 51.0 Å². The maximum absolute atomic E-state index is 13.0. The van der Waals surface area contributed by atoms with Crippen LogP contribution in [0.5, 0.6) is 0 Å². The molecule has 0 bridgehead atoms. The molecule has 0 aliphatic carbocycles. The second kappa shape index (κ2) is 6.61.